The van der Waals surface area contributed by atoms with E-state index in [-0.39, 0.29) is 18.4 Å². The maximum atomic E-state index is 12.3. The topological polar surface area (TPSA) is 79.9 Å². The Labute approximate surface area is 165 Å². The smallest absolute Gasteiger partial charge is 0.238 e. The van der Waals surface area contributed by atoms with Crippen molar-refractivity contribution in [1.82, 2.24) is 4.90 Å². The maximum Gasteiger partial charge on any atom is 0.238 e. The van der Waals surface area contributed by atoms with E-state index in [0.29, 0.717) is 29.4 Å². The van der Waals surface area contributed by atoms with Crippen LogP contribution >= 0.6 is 0 Å². The lowest BCUT2D eigenvalue weighted by atomic mass is 10.1. The summed E-state index contributed by atoms with van der Waals surface area (Å²) in [5.41, 5.74) is 3.49. The molecule has 28 heavy (non-hydrogen) atoms. The molecule has 2 amide bonds. The Bertz CT molecular complexity index is 834. The number of hydrogen-bond donors (Lipinski definition) is 2. The average molecular weight is 385 g/mol. The second-order valence-electron chi connectivity index (χ2n) is 6.61. The number of nitrogens with one attached hydrogen (secondary N) is 2. The van der Waals surface area contributed by atoms with Crippen LogP contribution in [0, 0.1) is 6.92 Å². The first-order valence-corrected chi connectivity index (χ1v) is 8.90. The first-order valence-electron chi connectivity index (χ1n) is 8.90. The highest BCUT2D eigenvalue weighted by Gasteiger charge is 2.12. The first-order chi connectivity index (χ1) is 13.3. The molecule has 0 saturated heterocycles. The Hall–Kier alpha value is -3.06. The fourth-order valence-corrected chi connectivity index (χ4v) is 2.83. The summed E-state index contributed by atoms with van der Waals surface area (Å²) in [6, 6.07) is 10.9. The van der Waals surface area contributed by atoms with Gasteiger partial charge in [-0.1, -0.05) is 0 Å². The minimum Gasteiger partial charge on any atom is -0.493 e. The Morgan fingerprint density at radius 2 is 1.50 bits per heavy atom. The molecule has 0 atom stereocenters. The molecule has 150 valence electrons. The van der Waals surface area contributed by atoms with Crippen LogP contribution in [-0.2, 0) is 16.1 Å². The van der Waals surface area contributed by atoms with E-state index in [0.717, 1.165) is 11.1 Å². The van der Waals surface area contributed by atoms with Crippen LogP contribution in [0.5, 0.6) is 11.5 Å². The summed E-state index contributed by atoms with van der Waals surface area (Å²) in [6.07, 6.45) is 0. The third-order valence-corrected chi connectivity index (χ3v) is 4.18. The van der Waals surface area contributed by atoms with Gasteiger partial charge in [0.25, 0.3) is 0 Å². The Morgan fingerprint density at radius 1 is 0.964 bits per heavy atom. The van der Waals surface area contributed by atoms with Crippen molar-refractivity contribution in [2.24, 2.45) is 0 Å². The highest BCUT2D eigenvalue weighted by molar-refractivity contribution is 5.93. The molecule has 0 aliphatic carbocycles. The Kier molecular flexibility index (Phi) is 7.40. The van der Waals surface area contributed by atoms with Gasteiger partial charge >= 0.3 is 0 Å². The zero-order chi connectivity index (χ0) is 20.7. The van der Waals surface area contributed by atoms with E-state index >= 15 is 0 Å². The average Bonchev–Trinajstić information content (AvgIpc) is 2.64. The second-order valence-corrected chi connectivity index (χ2v) is 6.61. The van der Waals surface area contributed by atoms with Crippen LogP contribution in [0.15, 0.2) is 36.4 Å². The van der Waals surface area contributed by atoms with E-state index in [9.17, 15) is 9.59 Å². The number of nitrogens with zero attached hydrogens (tertiary/aromatic N) is 1. The third kappa shape index (κ3) is 5.99. The van der Waals surface area contributed by atoms with Crippen molar-refractivity contribution < 1.29 is 19.1 Å². The van der Waals surface area contributed by atoms with Gasteiger partial charge in [0, 0.05) is 24.8 Å². The fourth-order valence-electron chi connectivity index (χ4n) is 2.83. The normalized spacial score (nSPS) is 10.5. The van der Waals surface area contributed by atoms with Crippen molar-refractivity contribution >= 4 is 23.2 Å². The van der Waals surface area contributed by atoms with Crippen molar-refractivity contribution in [3.63, 3.8) is 0 Å². The molecule has 7 nitrogen and oxygen atoms in total. The maximum absolute atomic E-state index is 12.3. The Balaban J connectivity index is 1.94. The molecule has 0 bridgehead atoms. The highest BCUT2D eigenvalue weighted by Crippen LogP contribution is 2.30. The molecule has 2 aromatic rings. The summed E-state index contributed by atoms with van der Waals surface area (Å²) in [5.74, 6) is 1.10. The summed E-state index contributed by atoms with van der Waals surface area (Å²) < 4.78 is 10.7. The number of aryl methyl sites for hydroxylation is 1. The minimum absolute atomic E-state index is 0.118. The van der Waals surface area contributed by atoms with Gasteiger partial charge in [-0.15, -0.1) is 0 Å². The summed E-state index contributed by atoms with van der Waals surface area (Å²) in [4.78, 5) is 25.3. The summed E-state index contributed by atoms with van der Waals surface area (Å²) in [6.45, 7) is 4.29. The van der Waals surface area contributed by atoms with Crippen LogP contribution in [0.25, 0.3) is 0 Å². The predicted octanol–water partition coefficient (Wildman–Crippen LogP) is 3.04. The first kappa shape index (κ1) is 21.2. The molecule has 0 heterocycles. The zero-order valence-electron chi connectivity index (χ0n) is 17.0. The second kappa shape index (κ2) is 9.75. The number of carbonyl (C=O) groups is 2. The number of rotatable bonds is 8. The number of benzene rings is 2. The number of hydrogen-bond acceptors (Lipinski definition) is 5. The molecule has 0 saturated carbocycles. The lowest BCUT2D eigenvalue weighted by Gasteiger charge is -2.19. The largest absolute Gasteiger partial charge is 0.493 e. The van der Waals surface area contributed by atoms with Crippen LogP contribution in [0.1, 0.15) is 18.1 Å². The number of ether oxygens (including phenoxy) is 2. The number of amides is 2. The van der Waals surface area contributed by atoms with Crippen LogP contribution in [0.2, 0.25) is 0 Å². The number of methoxy groups -OCH3 is 2. The van der Waals surface area contributed by atoms with Crippen LogP contribution in [0.3, 0.4) is 0 Å². The van der Waals surface area contributed by atoms with Crippen molar-refractivity contribution in [1.29, 1.82) is 0 Å². The van der Waals surface area contributed by atoms with Gasteiger partial charge in [-0.2, -0.15) is 0 Å². The molecule has 0 fully saturated rings. The quantitative estimate of drug-likeness (QED) is 0.730. The molecule has 0 aliphatic rings. The third-order valence-electron chi connectivity index (χ3n) is 4.18. The molecule has 7 heteroatoms. The highest BCUT2D eigenvalue weighted by atomic mass is 16.5. The molecule has 0 aliphatic heterocycles. The van der Waals surface area contributed by atoms with Gasteiger partial charge in [0.2, 0.25) is 11.8 Å². The van der Waals surface area contributed by atoms with Gasteiger partial charge in [0.15, 0.2) is 11.5 Å². The molecule has 2 N–H and O–H groups in total. The molecule has 0 spiro atoms. The summed E-state index contributed by atoms with van der Waals surface area (Å²) in [5, 5.41) is 5.55. The lowest BCUT2D eigenvalue weighted by Crippen LogP contribution is -2.30. The standard InChI is InChI=1S/C21H27N3O4/c1-14-10-19(27-4)20(28-5)11-16(14)12-24(3)13-21(26)23-18-8-6-17(7-9-18)22-15(2)25/h6-11H,12-13H2,1-5H3,(H,22,25)(H,23,26). The van der Waals surface area contributed by atoms with E-state index in [1.54, 1.807) is 38.5 Å². The van der Waals surface area contributed by atoms with Crippen molar-refractivity contribution in [2.45, 2.75) is 20.4 Å². The molecule has 2 rings (SSSR count). The van der Waals surface area contributed by atoms with Gasteiger partial charge < -0.3 is 20.1 Å². The van der Waals surface area contributed by atoms with E-state index in [4.69, 9.17) is 9.47 Å². The van der Waals surface area contributed by atoms with Crippen molar-refractivity contribution in [2.75, 3.05) is 38.4 Å². The van der Waals surface area contributed by atoms with E-state index in [1.807, 2.05) is 31.0 Å². The molecule has 0 unspecified atom stereocenters. The van der Waals surface area contributed by atoms with E-state index in [2.05, 4.69) is 10.6 Å². The van der Waals surface area contributed by atoms with Crippen LogP contribution in [-0.4, -0.2) is 44.5 Å². The van der Waals surface area contributed by atoms with Gasteiger partial charge in [0.1, 0.15) is 0 Å². The van der Waals surface area contributed by atoms with Crippen molar-refractivity contribution in [3.05, 3.63) is 47.5 Å². The fraction of sp³-hybridized carbons (Fsp3) is 0.333. The molecular formula is C21H27N3O4. The van der Waals surface area contributed by atoms with Crippen LogP contribution < -0.4 is 20.1 Å². The molecule has 2 aromatic carbocycles. The molecule has 0 aromatic heterocycles. The van der Waals surface area contributed by atoms with Gasteiger partial charge in [-0.3, -0.25) is 14.5 Å². The summed E-state index contributed by atoms with van der Waals surface area (Å²) in [7, 11) is 5.09. The SMILES string of the molecule is COc1cc(C)c(CN(C)CC(=O)Nc2ccc(NC(C)=O)cc2)cc1OC. The lowest BCUT2D eigenvalue weighted by molar-refractivity contribution is -0.117. The number of carbonyl (C=O) groups excluding carboxylic acids is 2. The van der Waals surface area contributed by atoms with Crippen molar-refractivity contribution in [3.8, 4) is 11.5 Å². The van der Waals surface area contributed by atoms with Gasteiger partial charge in [-0.05, 0) is 61.5 Å². The predicted molar refractivity (Wildman–Crippen MR) is 110 cm³/mol. The number of anilines is 2. The van der Waals surface area contributed by atoms with Gasteiger partial charge in [-0.25, -0.2) is 0 Å². The zero-order valence-corrected chi connectivity index (χ0v) is 17.0. The van der Waals surface area contributed by atoms with E-state index in [1.165, 1.54) is 6.92 Å². The monoisotopic (exact) mass is 385 g/mol. The van der Waals surface area contributed by atoms with Crippen LogP contribution in [0.4, 0.5) is 11.4 Å². The minimum atomic E-state index is -0.135. The van der Waals surface area contributed by atoms with E-state index < -0.39 is 0 Å². The summed E-state index contributed by atoms with van der Waals surface area (Å²) >= 11 is 0. The van der Waals surface area contributed by atoms with Gasteiger partial charge in [0.05, 0.1) is 20.8 Å². The Morgan fingerprint density at radius 3 is 2.04 bits per heavy atom. The molecule has 0 radical (unpaired) electrons. The molecular weight excluding hydrogens is 358 g/mol. The number of likely N-dealkylation sites (N-methyl/N-ethyl adjacent to an activating group) is 1.